The Labute approximate surface area is 188 Å². The number of aromatic nitrogens is 1. The molecule has 2 aromatic rings. The predicted molar refractivity (Wildman–Crippen MR) is 120 cm³/mol. The van der Waals surface area contributed by atoms with E-state index in [-0.39, 0.29) is 18.6 Å². The highest BCUT2D eigenvalue weighted by Gasteiger charge is 2.33. The van der Waals surface area contributed by atoms with Crippen LogP contribution in [-0.2, 0) is 16.0 Å². The molecule has 1 atom stereocenters. The molecule has 0 aliphatic carbocycles. The van der Waals surface area contributed by atoms with Gasteiger partial charge in [0.1, 0.15) is 0 Å². The van der Waals surface area contributed by atoms with Gasteiger partial charge >= 0.3 is 5.97 Å². The number of rotatable bonds is 10. The van der Waals surface area contributed by atoms with E-state index >= 15 is 0 Å². The maximum atomic E-state index is 12.6. The van der Waals surface area contributed by atoms with E-state index in [4.69, 9.17) is 9.47 Å². The zero-order chi connectivity index (χ0) is 23.9. The summed E-state index contributed by atoms with van der Waals surface area (Å²) in [5.41, 5.74) is 1.08. The van der Waals surface area contributed by atoms with E-state index in [0.717, 1.165) is 5.56 Å². The zero-order valence-corrected chi connectivity index (χ0v) is 19.1. The van der Waals surface area contributed by atoms with Gasteiger partial charge in [0.2, 0.25) is 5.91 Å². The molecule has 2 rings (SSSR count). The van der Waals surface area contributed by atoms with Gasteiger partial charge < -0.3 is 19.9 Å². The molecule has 0 saturated carbocycles. The van der Waals surface area contributed by atoms with Gasteiger partial charge in [-0.25, -0.2) is 0 Å². The molecule has 0 fully saturated rings. The Morgan fingerprint density at radius 3 is 2.34 bits per heavy atom. The molecular weight excluding hydrogens is 412 g/mol. The quantitative estimate of drug-likeness (QED) is 0.535. The second-order valence-electron chi connectivity index (χ2n) is 8.58. The molecule has 0 radical (unpaired) electrons. The molecule has 172 valence electrons. The zero-order valence-electron chi connectivity index (χ0n) is 19.1. The summed E-state index contributed by atoms with van der Waals surface area (Å²) in [7, 11) is 3.11. The molecule has 1 amide bonds. The molecule has 1 aromatic carbocycles. The number of carboxylic acids is 1. The highest BCUT2D eigenvalue weighted by Crippen LogP contribution is 2.30. The van der Waals surface area contributed by atoms with Crippen molar-refractivity contribution in [2.45, 2.75) is 40.0 Å². The van der Waals surface area contributed by atoms with E-state index in [0.29, 0.717) is 29.2 Å². The minimum absolute atomic E-state index is 0.124. The van der Waals surface area contributed by atoms with Gasteiger partial charge in [0, 0.05) is 24.6 Å². The molecule has 0 bridgehead atoms. The van der Waals surface area contributed by atoms with Crippen molar-refractivity contribution in [1.29, 1.82) is 0 Å². The van der Waals surface area contributed by atoms with Crippen LogP contribution in [0.25, 0.3) is 0 Å². The van der Waals surface area contributed by atoms with Crippen molar-refractivity contribution in [3.05, 3.63) is 47.8 Å². The Balaban J connectivity index is 2.02. The van der Waals surface area contributed by atoms with Crippen molar-refractivity contribution in [1.82, 2.24) is 4.98 Å². The van der Waals surface area contributed by atoms with Crippen LogP contribution in [0.15, 0.2) is 36.7 Å². The summed E-state index contributed by atoms with van der Waals surface area (Å²) >= 11 is 0. The highest BCUT2D eigenvalue weighted by molar-refractivity contribution is 5.98. The Hall–Kier alpha value is -3.42. The Morgan fingerprint density at radius 2 is 1.75 bits per heavy atom. The number of benzene rings is 1. The number of hydrogen-bond donors (Lipinski definition) is 2. The van der Waals surface area contributed by atoms with Gasteiger partial charge in [-0.2, -0.15) is 0 Å². The number of methoxy groups -OCH3 is 2. The molecular formula is C24H30N2O6. The number of carbonyl (C=O) groups excluding carboxylic acids is 2. The van der Waals surface area contributed by atoms with E-state index in [1.165, 1.54) is 12.4 Å². The van der Waals surface area contributed by atoms with Gasteiger partial charge in [-0.1, -0.05) is 26.8 Å². The summed E-state index contributed by atoms with van der Waals surface area (Å²) in [5, 5.41) is 12.1. The number of aryl methyl sites for hydroxylation is 1. The molecule has 0 aliphatic rings. The third-order valence-corrected chi connectivity index (χ3v) is 5.17. The SMILES string of the molecule is COc1ccc(CCC(=O)c2cncc(NC(=O)CC(C(=O)O)C(C)(C)C)c2)cc1OC. The smallest absolute Gasteiger partial charge is 0.307 e. The van der Waals surface area contributed by atoms with Crippen LogP contribution in [-0.4, -0.2) is 42.0 Å². The molecule has 8 heteroatoms. The van der Waals surface area contributed by atoms with Crippen LogP contribution in [0.3, 0.4) is 0 Å². The number of pyridine rings is 1. The first-order chi connectivity index (χ1) is 15.0. The summed E-state index contributed by atoms with van der Waals surface area (Å²) in [4.78, 5) is 40.5. The second-order valence-corrected chi connectivity index (χ2v) is 8.58. The topological polar surface area (TPSA) is 115 Å². The highest BCUT2D eigenvalue weighted by atomic mass is 16.5. The summed E-state index contributed by atoms with van der Waals surface area (Å²) < 4.78 is 10.5. The second kappa shape index (κ2) is 10.7. The molecule has 2 N–H and O–H groups in total. The largest absolute Gasteiger partial charge is 0.493 e. The fraction of sp³-hybridized carbons (Fsp3) is 0.417. The number of anilines is 1. The Morgan fingerprint density at radius 1 is 1.06 bits per heavy atom. The van der Waals surface area contributed by atoms with Crippen LogP contribution in [0, 0.1) is 11.3 Å². The van der Waals surface area contributed by atoms with Crippen LogP contribution in [0.5, 0.6) is 11.5 Å². The van der Waals surface area contributed by atoms with Crippen molar-refractivity contribution in [3.63, 3.8) is 0 Å². The standard InChI is InChI=1S/C24H30N2O6/c1-24(2,3)18(23(29)30)12-22(28)26-17-11-16(13-25-14-17)19(27)8-6-15-7-9-20(31-4)21(10-15)32-5/h7,9-11,13-14,18H,6,8,12H2,1-5H3,(H,26,28)(H,29,30). The summed E-state index contributed by atoms with van der Waals surface area (Å²) in [5.74, 6) is -1.21. The van der Waals surface area contributed by atoms with Crippen molar-refractivity contribution in [2.24, 2.45) is 11.3 Å². The van der Waals surface area contributed by atoms with Crippen molar-refractivity contribution in [3.8, 4) is 11.5 Å². The molecule has 0 aliphatic heterocycles. The minimum Gasteiger partial charge on any atom is -0.493 e. The fourth-order valence-electron chi connectivity index (χ4n) is 3.26. The van der Waals surface area contributed by atoms with Gasteiger partial charge in [0.25, 0.3) is 0 Å². The predicted octanol–water partition coefficient (Wildman–Crippen LogP) is 3.99. The van der Waals surface area contributed by atoms with Crippen LogP contribution in [0.2, 0.25) is 0 Å². The maximum Gasteiger partial charge on any atom is 0.307 e. The molecule has 1 aromatic heterocycles. The van der Waals surface area contributed by atoms with Crippen LogP contribution < -0.4 is 14.8 Å². The number of nitrogens with zero attached hydrogens (tertiary/aromatic N) is 1. The number of amides is 1. The third-order valence-electron chi connectivity index (χ3n) is 5.17. The first kappa shape index (κ1) is 24.8. The average molecular weight is 443 g/mol. The van der Waals surface area contributed by atoms with Crippen molar-refractivity contribution < 1.29 is 29.0 Å². The van der Waals surface area contributed by atoms with Crippen LogP contribution in [0.4, 0.5) is 5.69 Å². The Kier molecular flexibility index (Phi) is 8.34. The van der Waals surface area contributed by atoms with Gasteiger partial charge in [0.15, 0.2) is 17.3 Å². The number of aliphatic carboxylic acids is 1. The lowest BCUT2D eigenvalue weighted by molar-refractivity contribution is -0.147. The lowest BCUT2D eigenvalue weighted by Gasteiger charge is -2.26. The molecule has 1 unspecified atom stereocenters. The fourth-order valence-corrected chi connectivity index (χ4v) is 3.26. The number of carboxylic acid groups (broad SMARTS) is 1. The Bertz CT molecular complexity index is 981. The molecule has 32 heavy (non-hydrogen) atoms. The lowest BCUT2D eigenvalue weighted by atomic mass is 9.78. The molecule has 0 spiro atoms. The number of carbonyl (C=O) groups is 3. The minimum atomic E-state index is -1.02. The van der Waals surface area contributed by atoms with E-state index in [1.54, 1.807) is 47.1 Å². The first-order valence-electron chi connectivity index (χ1n) is 10.3. The monoisotopic (exact) mass is 442 g/mol. The van der Waals surface area contributed by atoms with Crippen LogP contribution in [0.1, 0.15) is 49.5 Å². The maximum absolute atomic E-state index is 12.6. The normalized spacial score (nSPS) is 12.0. The molecule has 8 nitrogen and oxygen atoms in total. The van der Waals surface area contributed by atoms with Crippen LogP contribution >= 0.6 is 0 Å². The number of Topliss-reactive ketones (excluding diaryl/α,β-unsaturated/α-hetero) is 1. The van der Waals surface area contributed by atoms with Gasteiger partial charge in [-0.3, -0.25) is 19.4 Å². The third kappa shape index (κ3) is 6.80. The van der Waals surface area contributed by atoms with E-state index in [2.05, 4.69) is 10.3 Å². The van der Waals surface area contributed by atoms with Gasteiger partial charge in [-0.05, 0) is 35.6 Å². The first-order valence-corrected chi connectivity index (χ1v) is 10.3. The summed E-state index contributed by atoms with van der Waals surface area (Å²) in [6, 6.07) is 7.04. The number of ether oxygens (including phenoxy) is 2. The van der Waals surface area contributed by atoms with E-state index in [9.17, 15) is 19.5 Å². The average Bonchev–Trinajstić information content (AvgIpc) is 2.74. The van der Waals surface area contributed by atoms with E-state index < -0.39 is 23.2 Å². The van der Waals surface area contributed by atoms with Crippen molar-refractivity contribution in [2.75, 3.05) is 19.5 Å². The number of nitrogens with one attached hydrogen (secondary N) is 1. The molecule has 1 heterocycles. The van der Waals surface area contributed by atoms with Gasteiger partial charge in [0.05, 0.1) is 32.0 Å². The number of ketones is 1. The summed E-state index contributed by atoms with van der Waals surface area (Å²) in [6.07, 6.45) is 3.45. The summed E-state index contributed by atoms with van der Waals surface area (Å²) in [6.45, 7) is 5.33. The van der Waals surface area contributed by atoms with Gasteiger partial charge in [-0.15, -0.1) is 0 Å². The number of hydrogen-bond acceptors (Lipinski definition) is 6. The van der Waals surface area contributed by atoms with Crippen molar-refractivity contribution >= 4 is 23.3 Å². The lowest BCUT2D eigenvalue weighted by Crippen LogP contribution is -2.32. The molecule has 0 saturated heterocycles. The van der Waals surface area contributed by atoms with E-state index in [1.807, 2.05) is 12.1 Å².